The predicted octanol–water partition coefficient (Wildman–Crippen LogP) is 4.75. The number of pyridine rings is 1. The van der Waals surface area contributed by atoms with E-state index >= 15 is 0 Å². The lowest BCUT2D eigenvalue weighted by Crippen LogP contribution is -2.37. The largest absolute Gasteiger partial charge is 0.357 e. The number of nitrogens with zero attached hydrogens (tertiary/aromatic N) is 3. The maximum atomic E-state index is 6.12. The number of hydrogen-bond donors (Lipinski definition) is 2. The lowest BCUT2D eigenvalue weighted by molar-refractivity contribution is 0.752. The van der Waals surface area contributed by atoms with Crippen LogP contribution in [0, 0.1) is 0 Å². The lowest BCUT2D eigenvalue weighted by atomic mass is 10.1. The molecule has 2 aromatic heterocycles. The molecule has 0 bridgehead atoms. The number of fused-ring (bicyclic) bond motifs is 1. The Morgan fingerprint density at radius 3 is 2.67 bits per heavy atom. The zero-order valence-electron chi connectivity index (χ0n) is 15.2. The molecule has 0 spiro atoms. The van der Waals surface area contributed by atoms with Crippen LogP contribution in [0.15, 0.2) is 47.6 Å². The summed E-state index contributed by atoms with van der Waals surface area (Å²) in [5.74, 6) is 0.730. The third-order valence-corrected chi connectivity index (χ3v) is 4.96. The Morgan fingerprint density at radius 2 is 1.96 bits per heavy atom. The third-order valence-electron chi connectivity index (χ3n) is 4.12. The molecule has 0 saturated heterocycles. The van der Waals surface area contributed by atoms with Crippen molar-refractivity contribution in [2.24, 2.45) is 12.0 Å². The highest BCUT2D eigenvalue weighted by atomic mass is 127. The Labute approximate surface area is 186 Å². The second kappa shape index (κ2) is 10.1. The topological polar surface area (TPSA) is 54.2 Å². The van der Waals surface area contributed by atoms with E-state index in [1.165, 1.54) is 0 Å². The highest BCUT2D eigenvalue weighted by molar-refractivity contribution is 14.0. The van der Waals surface area contributed by atoms with Crippen molar-refractivity contribution in [3.05, 3.63) is 64.0 Å². The van der Waals surface area contributed by atoms with Crippen molar-refractivity contribution in [3.63, 3.8) is 0 Å². The van der Waals surface area contributed by atoms with Gasteiger partial charge in [0.15, 0.2) is 5.96 Å². The fourth-order valence-electron chi connectivity index (χ4n) is 2.73. The molecule has 3 aromatic rings. The number of nitrogens with one attached hydrogen (secondary N) is 2. The molecule has 0 saturated carbocycles. The maximum absolute atomic E-state index is 6.12. The van der Waals surface area contributed by atoms with Crippen LogP contribution in [0.5, 0.6) is 0 Å². The first-order chi connectivity index (χ1) is 12.6. The summed E-state index contributed by atoms with van der Waals surface area (Å²) in [5, 5.41) is 8.77. The molecule has 5 nitrogen and oxygen atoms in total. The summed E-state index contributed by atoms with van der Waals surface area (Å²) in [6.45, 7) is 3.92. The van der Waals surface area contributed by atoms with Gasteiger partial charge in [-0.1, -0.05) is 47.5 Å². The fraction of sp³-hybridized carbons (Fsp3) is 0.263. The van der Waals surface area contributed by atoms with E-state index in [2.05, 4.69) is 38.8 Å². The number of hydrogen-bond acceptors (Lipinski definition) is 2. The van der Waals surface area contributed by atoms with Gasteiger partial charge in [-0.2, -0.15) is 0 Å². The van der Waals surface area contributed by atoms with Crippen LogP contribution < -0.4 is 10.6 Å². The van der Waals surface area contributed by atoms with E-state index in [-0.39, 0.29) is 24.0 Å². The van der Waals surface area contributed by atoms with Crippen molar-refractivity contribution in [1.82, 2.24) is 20.2 Å². The maximum Gasteiger partial charge on any atom is 0.191 e. The summed E-state index contributed by atoms with van der Waals surface area (Å²) in [7, 11) is 1.89. The van der Waals surface area contributed by atoms with E-state index in [4.69, 9.17) is 23.2 Å². The quantitative estimate of drug-likeness (QED) is 0.291. The Bertz CT molecular complexity index is 934. The number of aliphatic imine (C=N–C) groups is 1. The van der Waals surface area contributed by atoms with E-state index in [0.717, 1.165) is 34.7 Å². The van der Waals surface area contributed by atoms with Gasteiger partial charge in [0.2, 0.25) is 0 Å². The van der Waals surface area contributed by atoms with Crippen LogP contribution in [-0.4, -0.2) is 22.1 Å². The number of aromatic nitrogens is 2. The zero-order chi connectivity index (χ0) is 18.5. The first kappa shape index (κ1) is 21.8. The SMILES string of the molecule is CCNC(=NCc1cccc2cccnc12)NCc1cc(Cl)c(Cl)n1C.I. The minimum Gasteiger partial charge on any atom is -0.357 e. The molecule has 2 N–H and O–H groups in total. The molecule has 0 unspecified atom stereocenters. The van der Waals surface area contributed by atoms with Crippen LogP contribution in [0.4, 0.5) is 0 Å². The van der Waals surface area contributed by atoms with E-state index in [1.54, 1.807) is 0 Å². The molecule has 8 heteroatoms. The van der Waals surface area contributed by atoms with Gasteiger partial charge < -0.3 is 15.2 Å². The molecule has 144 valence electrons. The van der Waals surface area contributed by atoms with Crippen molar-refractivity contribution in [1.29, 1.82) is 0 Å². The molecular formula is C19H22Cl2IN5. The van der Waals surface area contributed by atoms with Gasteiger partial charge in [-0.3, -0.25) is 4.98 Å². The van der Waals surface area contributed by atoms with Crippen LogP contribution in [0.3, 0.4) is 0 Å². The number of benzene rings is 1. The van der Waals surface area contributed by atoms with E-state index < -0.39 is 0 Å². The Kier molecular flexibility index (Phi) is 8.19. The Balaban J connectivity index is 0.00000261. The molecule has 1 aromatic carbocycles. The monoisotopic (exact) mass is 517 g/mol. The smallest absolute Gasteiger partial charge is 0.191 e. The highest BCUT2D eigenvalue weighted by Crippen LogP contribution is 2.25. The first-order valence-corrected chi connectivity index (χ1v) is 9.20. The van der Waals surface area contributed by atoms with E-state index in [9.17, 15) is 0 Å². The number of guanidine groups is 1. The number of para-hydroxylation sites is 1. The molecule has 0 fully saturated rings. The summed E-state index contributed by atoms with van der Waals surface area (Å²) in [6.07, 6.45) is 1.81. The van der Waals surface area contributed by atoms with Crippen LogP contribution in [0.2, 0.25) is 10.2 Å². The number of rotatable bonds is 5. The van der Waals surface area contributed by atoms with Gasteiger partial charge in [-0.15, -0.1) is 24.0 Å². The molecule has 0 atom stereocenters. The lowest BCUT2D eigenvalue weighted by Gasteiger charge is -2.12. The fourth-order valence-corrected chi connectivity index (χ4v) is 3.15. The second-order valence-electron chi connectivity index (χ2n) is 5.87. The molecule has 3 rings (SSSR count). The van der Waals surface area contributed by atoms with Gasteiger partial charge in [-0.25, -0.2) is 4.99 Å². The Morgan fingerprint density at radius 1 is 1.19 bits per heavy atom. The van der Waals surface area contributed by atoms with Crippen LogP contribution >= 0.6 is 47.2 Å². The van der Waals surface area contributed by atoms with Crippen molar-refractivity contribution in [2.75, 3.05) is 6.54 Å². The van der Waals surface area contributed by atoms with Crippen LogP contribution in [0.25, 0.3) is 10.9 Å². The van der Waals surface area contributed by atoms with Gasteiger partial charge in [0.1, 0.15) is 5.15 Å². The van der Waals surface area contributed by atoms with Crippen molar-refractivity contribution >= 4 is 64.0 Å². The summed E-state index contributed by atoms with van der Waals surface area (Å²) in [5.41, 5.74) is 3.05. The molecule has 0 aliphatic carbocycles. The molecular weight excluding hydrogens is 496 g/mol. The molecule has 27 heavy (non-hydrogen) atoms. The van der Waals surface area contributed by atoms with Crippen LogP contribution in [-0.2, 0) is 20.1 Å². The van der Waals surface area contributed by atoms with E-state index in [1.807, 2.05) is 42.9 Å². The zero-order valence-corrected chi connectivity index (χ0v) is 19.0. The number of halogens is 3. The van der Waals surface area contributed by atoms with E-state index in [0.29, 0.717) is 23.3 Å². The molecule has 0 radical (unpaired) electrons. The second-order valence-corrected chi connectivity index (χ2v) is 6.64. The normalized spacial score (nSPS) is 11.3. The molecule has 0 amide bonds. The Hall–Kier alpha value is -1.51. The predicted molar refractivity (Wildman–Crippen MR) is 124 cm³/mol. The standard InChI is InChI=1S/C19H21Cl2N5.HI/c1-3-22-19(25-12-15-10-16(20)18(21)26(15)2)24-11-14-7-4-6-13-8-5-9-23-17(13)14;/h4-10H,3,11-12H2,1-2H3,(H2,22,24,25);1H. The molecule has 0 aliphatic heterocycles. The van der Waals surface area contributed by atoms with Crippen molar-refractivity contribution in [2.45, 2.75) is 20.0 Å². The van der Waals surface area contributed by atoms with Crippen molar-refractivity contribution < 1.29 is 0 Å². The van der Waals surface area contributed by atoms with Gasteiger partial charge in [-0.05, 0) is 24.6 Å². The summed E-state index contributed by atoms with van der Waals surface area (Å²) in [6, 6.07) is 12.0. The minimum absolute atomic E-state index is 0. The molecule has 0 aliphatic rings. The highest BCUT2D eigenvalue weighted by Gasteiger charge is 2.09. The van der Waals surface area contributed by atoms with Gasteiger partial charge in [0.25, 0.3) is 0 Å². The third kappa shape index (κ3) is 5.27. The van der Waals surface area contributed by atoms with Gasteiger partial charge >= 0.3 is 0 Å². The summed E-state index contributed by atoms with van der Waals surface area (Å²) >= 11 is 12.2. The summed E-state index contributed by atoms with van der Waals surface area (Å²) < 4.78 is 1.86. The first-order valence-electron chi connectivity index (χ1n) is 8.44. The minimum atomic E-state index is 0. The average molecular weight is 518 g/mol. The summed E-state index contributed by atoms with van der Waals surface area (Å²) in [4.78, 5) is 9.17. The molecule has 2 heterocycles. The van der Waals surface area contributed by atoms with Gasteiger partial charge in [0, 0.05) is 30.9 Å². The van der Waals surface area contributed by atoms with Gasteiger partial charge in [0.05, 0.1) is 23.6 Å². The average Bonchev–Trinajstić information content (AvgIpc) is 2.91. The van der Waals surface area contributed by atoms with Crippen LogP contribution in [0.1, 0.15) is 18.2 Å². The van der Waals surface area contributed by atoms with Crippen molar-refractivity contribution in [3.8, 4) is 0 Å².